The van der Waals surface area contributed by atoms with Gasteiger partial charge in [0.25, 0.3) is 15.9 Å². The molecule has 0 unspecified atom stereocenters. The van der Waals surface area contributed by atoms with Crippen LogP contribution in [0.4, 0.5) is 19.6 Å². The molecule has 164 valence electrons. The molecule has 0 amide bonds. The van der Waals surface area contributed by atoms with Crippen LogP contribution in [-0.2, 0) is 15.9 Å². The third-order valence-electron chi connectivity index (χ3n) is 5.02. The second-order valence-electron chi connectivity index (χ2n) is 7.26. The molecule has 0 spiro atoms. The van der Waals surface area contributed by atoms with E-state index in [9.17, 15) is 8.42 Å². The van der Waals surface area contributed by atoms with Gasteiger partial charge in [-0.05, 0) is 53.6 Å². The van der Waals surface area contributed by atoms with Crippen LogP contribution in [0.25, 0.3) is 11.3 Å². The maximum Gasteiger partial charge on any atom is 0.273 e. The number of nitrogens with zero attached hydrogens (tertiary/aromatic N) is 1. The Bertz CT molecular complexity index is 1200. The van der Waals surface area contributed by atoms with Gasteiger partial charge in [-0.3, -0.25) is 4.72 Å². The minimum absolute atomic E-state index is 0.0817. The molecule has 0 radical (unpaired) electrons. The topological polar surface area (TPSA) is 71.1 Å². The minimum atomic E-state index is -3.87. The molecule has 0 saturated heterocycles. The number of fused-ring (bicyclic) bond motifs is 6. The van der Waals surface area contributed by atoms with Gasteiger partial charge in [0, 0.05) is 29.8 Å². The lowest BCUT2D eigenvalue weighted by molar-refractivity contribution is -0.0151. The Kier molecular flexibility index (Phi) is 6.50. The van der Waals surface area contributed by atoms with E-state index >= 15 is 8.78 Å². The Morgan fingerprint density at radius 3 is 2.71 bits per heavy atom. The predicted molar refractivity (Wildman–Crippen MR) is 128 cm³/mol. The second-order valence-corrected chi connectivity index (χ2v) is 11.8. The number of nitrogens with one attached hydrogen (secondary N) is 2. The first-order chi connectivity index (χ1) is 14.8. The van der Waals surface area contributed by atoms with Crippen LogP contribution in [-0.4, -0.2) is 19.9 Å². The van der Waals surface area contributed by atoms with Gasteiger partial charge in [0.05, 0.1) is 13.5 Å². The fourth-order valence-corrected chi connectivity index (χ4v) is 6.51. The number of halogens is 3. The average Bonchev–Trinajstić information content (AvgIpc) is 3.09. The Morgan fingerprint density at radius 2 is 1.87 bits per heavy atom. The molecule has 31 heavy (non-hydrogen) atoms. The Morgan fingerprint density at radius 1 is 1.06 bits per heavy atom. The van der Waals surface area contributed by atoms with Crippen LogP contribution in [0, 0.1) is 2.88 Å². The molecular weight excluding hydrogens is 555 g/mol. The summed E-state index contributed by atoms with van der Waals surface area (Å²) in [5.41, 5.74) is 1.27. The number of anilines is 2. The van der Waals surface area contributed by atoms with E-state index < -0.39 is 15.9 Å². The number of hydrogen-bond acceptors (Lipinski definition) is 5. The maximum atomic E-state index is 15.1. The van der Waals surface area contributed by atoms with Crippen molar-refractivity contribution in [2.45, 2.75) is 36.5 Å². The summed E-state index contributed by atoms with van der Waals surface area (Å²) in [5.74, 6) is -3.00. The zero-order valence-electron chi connectivity index (χ0n) is 16.4. The fraction of sp³-hybridized carbons (Fsp3) is 0.286. The molecule has 0 saturated carbocycles. The van der Waals surface area contributed by atoms with Gasteiger partial charge in [0.15, 0.2) is 5.13 Å². The molecule has 1 aliphatic rings. The van der Waals surface area contributed by atoms with Crippen LogP contribution < -0.4 is 10.0 Å². The lowest BCUT2D eigenvalue weighted by Crippen LogP contribution is -2.15. The number of benzene rings is 2. The second kappa shape index (κ2) is 8.99. The predicted octanol–water partition coefficient (Wildman–Crippen LogP) is 6.29. The third-order valence-corrected chi connectivity index (χ3v) is 8.42. The van der Waals surface area contributed by atoms with Crippen LogP contribution in [0.15, 0.2) is 53.4 Å². The monoisotopic (exact) mass is 575 g/mol. The Hall–Kier alpha value is -1.79. The highest BCUT2D eigenvalue weighted by Crippen LogP contribution is 2.42. The van der Waals surface area contributed by atoms with Gasteiger partial charge in [-0.2, -0.15) is 0 Å². The molecule has 0 aliphatic carbocycles. The largest absolute Gasteiger partial charge is 0.385 e. The summed E-state index contributed by atoms with van der Waals surface area (Å²) in [6.45, 7) is 0.576. The zero-order chi connectivity index (χ0) is 22.1. The summed E-state index contributed by atoms with van der Waals surface area (Å²) in [6, 6.07) is 12.8. The molecule has 4 rings (SSSR count). The standard InChI is InChI=1S/C21H20F2IN3O2S2/c22-21(23)11-4-1-5-12-25-14-7-6-8-15(13-14)31(28,29)27-20-26-18(19(24)30-20)16-9-2-3-10-17(16)21/h2-3,6-10,13,25H,1,4-5,11-12H2,(H,26,27). The number of alkyl halides is 2. The van der Waals surface area contributed by atoms with E-state index in [1.807, 2.05) is 22.6 Å². The van der Waals surface area contributed by atoms with Gasteiger partial charge in [-0.1, -0.05) is 48.1 Å². The van der Waals surface area contributed by atoms with Crippen molar-refractivity contribution >= 4 is 54.8 Å². The van der Waals surface area contributed by atoms with Crippen molar-refractivity contribution in [1.82, 2.24) is 4.98 Å². The van der Waals surface area contributed by atoms with Crippen molar-refractivity contribution in [2.75, 3.05) is 16.6 Å². The first-order valence-electron chi connectivity index (χ1n) is 9.77. The van der Waals surface area contributed by atoms with Crippen molar-refractivity contribution in [1.29, 1.82) is 0 Å². The first-order valence-corrected chi connectivity index (χ1v) is 13.1. The van der Waals surface area contributed by atoms with Crippen LogP contribution >= 0.6 is 33.9 Å². The lowest BCUT2D eigenvalue weighted by atomic mass is 9.96. The molecule has 2 heterocycles. The highest BCUT2D eigenvalue weighted by Gasteiger charge is 2.34. The van der Waals surface area contributed by atoms with Crippen LogP contribution in [0.3, 0.4) is 0 Å². The number of aromatic nitrogens is 1. The highest BCUT2D eigenvalue weighted by atomic mass is 127. The van der Waals surface area contributed by atoms with Crippen molar-refractivity contribution in [3.05, 3.63) is 57.0 Å². The minimum Gasteiger partial charge on any atom is -0.385 e. The van der Waals surface area contributed by atoms with Gasteiger partial charge in [0.1, 0.15) is 0 Å². The Balaban J connectivity index is 1.79. The summed E-state index contributed by atoms with van der Waals surface area (Å²) >= 11 is 3.13. The Labute approximate surface area is 197 Å². The van der Waals surface area contributed by atoms with Crippen molar-refractivity contribution < 1.29 is 17.2 Å². The normalized spacial score (nSPS) is 18.2. The molecule has 5 nitrogen and oxygen atoms in total. The van der Waals surface area contributed by atoms with Crippen LogP contribution in [0.2, 0.25) is 0 Å². The van der Waals surface area contributed by atoms with Gasteiger partial charge in [-0.15, -0.1) is 0 Å². The van der Waals surface area contributed by atoms with E-state index in [-0.39, 0.29) is 22.0 Å². The highest BCUT2D eigenvalue weighted by molar-refractivity contribution is 14.1. The molecule has 2 N–H and O–H groups in total. The molecule has 0 fully saturated rings. The fourth-order valence-electron chi connectivity index (χ4n) is 3.48. The average molecular weight is 575 g/mol. The molecule has 0 atom stereocenters. The van der Waals surface area contributed by atoms with E-state index in [0.29, 0.717) is 45.6 Å². The van der Waals surface area contributed by atoms with Gasteiger partial charge < -0.3 is 5.32 Å². The van der Waals surface area contributed by atoms with E-state index in [4.69, 9.17) is 0 Å². The molecule has 1 aromatic heterocycles. The van der Waals surface area contributed by atoms with Crippen LogP contribution in [0.1, 0.15) is 31.2 Å². The number of hydrogen-bond donors (Lipinski definition) is 2. The zero-order valence-corrected chi connectivity index (χ0v) is 20.2. The quantitative estimate of drug-likeness (QED) is 0.309. The SMILES string of the molecule is O=S1(=O)Nc2nc(c(I)s2)-c2ccccc2C(F)(F)CCCCCNc2cccc1c2. The summed E-state index contributed by atoms with van der Waals surface area (Å²) in [7, 11) is -3.87. The maximum absolute atomic E-state index is 15.1. The molecule has 10 heteroatoms. The van der Waals surface area contributed by atoms with E-state index in [0.717, 1.165) is 11.3 Å². The first kappa shape index (κ1) is 22.4. The number of thiazole rings is 1. The summed E-state index contributed by atoms with van der Waals surface area (Å²) in [5, 5.41) is 3.31. The molecule has 3 aromatic rings. The summed E-state index contributed by atoms with van der Waals surface area (Å²) < 4.78 is 59.1. The van der Waals surface area contributed by atoms with Crippen LogP contribution in [0.5, 0.6) is 0 Å². The summed E-state index contributed by atoms with van der Waals surface area (Å²) in [6.07, 6.45) is 1.49. The molecular formula is C21H20F2IN3O2S2. The third kappa shape index (κ3) is 5.01. The molecule has 1 aliphatic heterocycles. The lowest BCUT2D eigenvalue weighted by Gasteiger charge is -2.20. The van der Waals surface area contributed by atoms with E-state index in [1.165, 1.54) is 12.1 Å². The number of sulfonamides is 1. The van der Waals surface area contributed by atoms with Gasteiger partial charge in [-0.25, -0.2) is 22.2 Å². The van der Waals surface area contributed by atoms with Gasteiger partial charge in [0.2, 0.25) is 0 Å². The number of rotatable bonds is 0. The van der Waals surface area contributed by atoms with Crippen molar-refractivity contribution in [3.8, 4) is 11.3 Å². The van der Waals surface area contributed by atoms with E-state index in [1.54, 1.807) is 36.4 Å². The van der Waals surface area contributed by atoms with Crippen molar-refractivity contribution in [3.63, 3.8) is 0 Å². The molecule has 4 bridgehead atoms. The molecule has 2 aromatic carbocycles. The van der Waals surface area contributed by atoms with Crippen molar-refractivity contribution in [2.24, 2.45) is 0 Å². The van der Waals surface area contributed by atoms with E-state index in [2.05, 4.69) is 15.0 Å². The smallest absolute Gasteiger partial charge is 0.273 e. The summed E-state index contributed by atoms with van der Waals surface area (Å²) in [4.78, 5) is 4.48. The van der Waals surface area contributed by atoms with Gasteiger partial charge >= 0.3 is 0 Å².